The lowest BCUT2D eigenvalue weighted by Gasteiger charge is -1.92. The Balaban J connectivity index is 2.55. The number of rotatable bonds is 0. The molecule has 0 saturated carbocycles. The molecule has 1 heterocycles. The molecule has 2 aromatic carbocycles. The monoisotopic (exact) mass is 308 g/mol. The van der Waals surface area contributed by atoms with E-state index in [0.717, 1.165) is 11.2 Å². The van der Waals surface area contributed by atoms with Crippen molar-refractivity contribution in [2.75, 3.05) is 0 Å². The fourth-order valence-electron chi connectivity index (χ4n) is 1.86. The van der Waals surface area contributed by atoms with Crippen LogP contribution in [-0.4, -0.2) is 0 Å². The minimum absolute atomic E-state index is 0.969. The van der Waals surface area contributed by atoms with Crippen LogP contribution < -0.4 is 0 Å². The van der Waals surface area contributed by atoms with Crippen LogP contribution in [0.4, 0.5) is 0 Å². The maximum Gasteiger partial charge on any atom is 0.135 e. The van der Waals surface area contributed by atoms with Gasteiger partial charge in [-0.1, -0.05) is 11.6 Å². The molecule has 0 N–H and O–H groups in total. The summed E-state index contributed by atoms with van der Waals surface area (Å²) in [6.45, 7) is 2.10. The molecule has 1 nitrogen and oxygen atoms in total. The summed E-state index contributed by atoms with van der Waals surface area (Å²) < 4.78 is 7.00. The van der Waals surface area contributed by atoms with E-state index in [1.54, 1.807) is 0 Å². The topological polar surface area (TPSA) is 13.1 Å². The Bertz CT molecular complexity index is 596. The molecule has 74 valence electrons. The van der Waals surface area contributed by atoms with Gasteiger partial charge in [0.2, 0.25) is 0 Å². The van der Waals surface area contributed by atoms with Gasteiger partial charge in [0.25, 0.3) is 0 Å². The summed E-state index contributed by atoms with van der Waals surface area (Å²) in [5, 5.41) is 2.42. The lowest BCUT2D eigenvalue weighted by atomic mass is 10.1. The van der Waals surface area contributed by atoms with Crippen molar-refractivity contribution in [3.05, 3.63) is 45.5 Å². The first kappa shape index (κ1) is 9.21. The van der Waals surface area contributed by atoms with Crippen molar-refractivity contribution in [2.45, 2.75) is 6.92 Å². The molecule has 0 fully saturated rings. The number of aryl methyl sites for hydroxylation is 1. The number of fused-ring (bicyclic) bond motifs is 3. The van der Waals surface area contributed by atoms with Gasteiger partial charge in [-0.3, -0.25) is 0 Å². The van der Waals surface area contributed by atoms with Crippen molar-refractivity contribution in [1.29, 1.82) is 0 Å². The number of benzene rings is 2. The van der Waals surface area contributed by atoms with E-state index in [1.807, 2.05) is 12.1 Å². The first-order chi connectivity index (χ1) is 7.24. The Kier molecular flexibility index (Phi) is 1.99. The molecule has 0 spiro atoms. The SMILES string of the molecule is Cc1ccc2oc3ccc(I)cc3c2c1. The first-order valence-corrected chi connectivity index (χ1v) is 5.90. The lowest BCUT2D eigenvalue weighted by Crippen LogP contribution is -1.72. The highest BCUT2D eigenvalue weighted by atomic mass is 127. The maximum atomic E-state index is 5.76. The second-order valence-corrected chi connectivity index (χ2v) is 4.99. The van der Waals surface area contributed by atoms with Crippen molar-refractivity contribution < 1.29 is 4.42 Å². The van der Waals surface area contributed by atoms with Gasteiger partial charge in [0.05, 0.1) is 0 Å². The van der Waals surface area contributed by atoms with Gasteiger partial charge < -0.3 is 4.42 Å². The number of furan rings is 1. The van der Waals surface area contributed by atoms with Gasteiger partial charge in [-0.25, -0.2) is 0 Å². The minimum atomic E-state index is 0.969. The minimum Gasteiger partial charge on any atom is -0.456 e. The van der Waals surface area contributed by atoms with Crippen LogP contribution in [0.25, 0.3) is 21.9 Å². The van der Waals surface area contributed by atoms with Gasteiger partial charge in [-0.05, 0) is 59.8 Å². The average Bonchev–Trinajstić information content (AvgIpc) is 2.56. The molecule has 0 atom stereocenters. The molecule has 3 rings (SSSR count). The van der Waals surface area contributed by atoms with Gasteiger partial charge in [0, 0.05) is 14.3 Å². The third-order valence-electron chi connectivity index (χ3n) is 2.59. The molecule has 0 bridgehead atoms. The van der Waals surface area contributed by atoms with Crippen molar-refractivity contribution >= 4 is 44.5 Å². The van der Waals surface area contributed by atoms with Crippen molar-refractivity contribution in [3.8, 4) is 0 Å². The van der Waals surface area contributed by atoms with Crippen molar-refractivity contribution in [3.63, 3.8) is 0 Å². The molecule has 1 aromatic heterocycles. The fraction of sp³-hybridized carbons (Fsp3) is 0.0769. The summed E-state index contributed by atoms with van der Waals surface area (Å²) in [5.41, 5.74) is 3.21. The summed E-state index contributed by atoms with van der Waals surface area (Å²) in [5.74, 6) is 0. The smallest absolute Gasteiger partial charge is 0.135 e. The van der Waals surface area contributed by atoms with Crippen LogP contribution in [0.5, 0.6) is 0 Å². The molecule has 0 saturated heterocycles. The zero-order valence-corrected chi connectivity index (χ0v) is 10.4. The van der Waals surface area contributed by atoms with Gasteiger partial charge in [-0.2, -0.15) is 0 Å². The van der Waals surface area contributed by atoms with E-state index in [-0.39, 0.29) is 0 Å². The zero-order valence-electron chi connectivity index (χ0n) is 8.25. The van der Waals surface area contributed by atoms with Gasteiger partial charge >= 0.3 is 0 Å². The third-order valence-corrected chi connectivity index (χ3v) is 3.26. The summed E-state index contributed by atoms with van der Waals surface area (Å²) in [6.07, 6.45) is 0. The predicted molar refractivity (Wildman–Crippen MR) is 71.2 cm³/mol. The van der Waals surface area contributed by atoms with Crippen LogP contribution in [0.2, 0.25) is 0 Å². The third kappa shape index (κ3) is 1.44. The van der Waals surface area contributed by atoms with Gasteiger partial charge in [0.15, 0.2) is 0 Å². The molecular formula is C13H9IO. The number of hydrogen-bond donors (Lipinski definition) is 0. The Morgan fingerprint density at radius 1 is 0.933 bits per heavy atom. The highest BCUT2D eigenvalue weighted by Crippen LogP contribution is 2.30. The molecule has 0 amide bonds. The second-order valence-electron chi connectivity index (χ2n) is 3.74. The van der Waals surface area contributed by atoms with Crippen LogP contribution in [0.15, 0.2) is 40.8 Å². The van der Waals surface area contributed by atoms with E-state index >= 15 is 0 Å². The Morgan fingerprint density at radius 2 is 1.60 bits per heavy atom. The Hall–Kier alpha value is -1.03. The lowest BCUT2D eigenvalue weighted by molar-refractivity contribution is 0.669. The number of hydrogen-bond acceptors (Lipinski definition) is 1. The molecule has 0 radical (unpaired) electrons. The highest BCUT2D eigenvalue weighted by molar-refractivity contribution is 14.1. The van der Waals surface area contributed by atoms with E-state index in [4.69, 9.17) is 4.42 Å². The highest BCUT2D eigenvalue weighted by Gasteiger charge is 2.06. The van der Waals surface area contributed by atoms with Crippen LogP contribution in [-0.2, 0) is 0 Å². The van der Waals surface area contributed by atoms with Crippen molar-refractivity contribution in [1.82, 2.24) is 0 Å². The average molecular weight is 308 g/mol. The maximum absolute atomic E-state index is 5.76. The summed E-state index contributed by atoms with van der Waals surface area (Å²) in [4.78, 5) is 0. The molecule has 0 unspecified atom stereocenters. The predicted octanol–water partition coefficient (Wildman–Crippen LogP) is 4.50. The molecule has 15 heavy (non-hydrogen) atoms. The molecule has 3 aromatic rings. The Labute approximate surface area is 101 Å². The van der Waals surface area contributed by atoms with Crippen LogP contribution in [0.1, 0.15) is 5.56 Å². The Morgan fingerprint density at radius 3 is 2.40 bits per heavy atom. The molecular weight excluding hydrogens is 299 g/mol. The fourth-order valence-corrected chi connectivity index (χ4v) is 2.35. The largest absolute Gasteiger partial charge is 0.456 e. The summed E-state index contributed by atoms with van der Waals surface area (Å²) in [7, 11) is 0. The zero-order chi connectivity index (χ0) is 10.4. The van der Waals surface area contributed by atoms with Crippen molar-refractivity contribution in [2.24, 2.45) is 0 Å². The van der Waals surface area contributed by atoms with E-state index in [0.29, 0.717) is 0 Å². The molecule has 0 aliphatic heterocycles. The van der Waals surface area contributed by atoms with Gasteiger partial charge in [0.1, 0.15) is 11.2 Å². The quantitative estimate of drug-likeness (QED) is 0.557. The van der Waals surface area contributed by atoms with E-state index in [2.05, 4.69) is 53.8 Å². The van der Waals surface area contributed by atoms with Crippen LogP contribution >= 0.6 is 22.6 Å². The van der Waals surface area contributed by atoms with Crippen LogP contribution in [0, 0.1) is 10.5 Å². The molecule has 0 aliphatic carbocycles. The molecule has 2 heteroatoms. The van der Waals surface area contributed by atoms with E-state index in [1.165, 1.54) is 19.9 Å². The van der Waals surface area contributed by atoms with E-state index in [9.17, 15) is 0 Å². The van der Waals surface area contributed by atoms with Crippen LogP contribution in [0.3, 0.4) is 0 Å². The normalized spacial score (nSPS) is 11.3. The standard InChI is InChI=1S/C13H9IO/c1-8-2-4-12-10(6-8)11-7-9(14)3-5-13(11)15-12/h2-7H,1H3. The second kappa shape index (κ2) is 3.23. The molecule has 0 aliphatic rings. The summed E-state index contributed by atoms with van der Waals surface area (Å²) >= 11 is 2.33. The van der Waals surface area contributed by atoms with Gasteiger partial charge in [-0.15, -0.1) is 0 Å². The van der Waals surface area contributed by atoms with E-state index < -0.39 is 0 Å². The summed E-state index contributed by atoms with van der Waals surface area (Å²) in [6, 6.07) is 12.6. The first-order valence-electron chi connectivity index (χ1n) is 4.82. The number of halogens is 1.